The first-order chi connectivity index (χ1) is 10.2. The standard InChI is InChI=1S/C18H13BrCl2/c19-16-10-9-15(13-6-2-3-7-14(13)16)18(21)11-12-5-1-4-8-17(12)20/h1-10,18H,11H2. The lowest BCUT2D eigenvalue weighted by Gasteiger charge is -2.14. The van der Waals surface area contributed by atoms with Crippen molar-refractivity contribution in [2.45, 2.75) is 11.8 Å². The Labute approximate surface area is 142 Å². The molecule has 0 aliphatic carbocycles. The van der Waals surface area contributed by atoms with Crippen LogP contribution in [0.2, 0.25) is 5.02 Å². The Hall–Kier alpha value is -1.02. The number of halogens is 3. The molecule has 1 atom stereocenters. The van der Waals surface area contributed by atoms with Gasteiger partial charge in [0.25, 0.3) is 0 Å². The van der Waals surface area contributed by atoms with Crippen LogP contribution in [0.1, 0.15) is 16.5 Å². The van der Waals surface area contributed by atoms with Crippen molar-refractivity contribution in [2.75, 3.05) is 0 Å². The van der Waals surface area contributed by atoms with Crippen molar-refractivity contribution in [3.8, 4) is 0 Å². The van der Waals surface area contributed by atoms with E-state index in [0.29, 0.717) is 6.42 Å². The Morgan fingerprint density at radius 1 is 0.857 bits per heavy atom. The molecule has 3 aromatic rings. The van der Waals surface area contributed by atoms with Crippen LogP contribution < -0.4 is 0 Å². The van der Waals surface area contributed by atoms with E-state index >= 15 is 0 Å². The lowest BCUT2D eigenvalue weighted by molar-refractivity contribution is 0.928. The molecule has 0 aliphatic heterocycles. The van der Waals surface area contributed by atoms with Gasteiger partial charge in [-0.15, -0.1) is 11.6 Å². The maximum Gasteiger partial charge on any atom is 0.0632 e. The Morgan fingerprint density at radius 3 is 2.29 bits per heavy atom. The molecule has 0 spiro atoms. The summed E-state index contributed by atoms with van der Waals surface area (Å²) in [4.78, 5) is 0. The summed E-state index contributed by atoms with van der Waals surface area (Å²) in [6, 6.07) is 20.3. The van der Waals surface area contributed by atoms with Crippen LogP contribution in [0, 0.1) is 0 Å². The van der Waals surface area contributed by atoms with Gasteiger partial charge in [-0.05, 0) is 40.5 Å². The molecular formula is C18H13BrCl2. The second-order valence-corrected chi connectivity index (χ2v) is 6.73. The first kappa shape index (κ1) is 14.9. The van der Waals surface area contributed by atoms with Gasteiger partial charge >= 0.3 is 0 Å². The summed E-state index contributed by atoms with van der Waals surface area (Å²) in [7, 11) is 0. The first-order valence-electron chi connectivity index (χ1n) is 6.71. The smallest absolute Gasteiger partial charge is 0.0632 e. The van der Waals surface area contributed by atoms with Crippen LogP contribution in [-0.4, -0.2) is 0 Å². The van der Waals surface area contributed by atoms with E-state index in [1.807, 2.05) is 36.4 Å². The maximum atomic E-state index is 6.67. The maximum absolute atomic E-state index is 6.67. The van der Waals surface area contributed by atoms with Gasteiger partial charge in [-0.3, -0.25) is 0 Å². The van der Waals surface area contributed by atoms with Gasteiger partial charge < -0.3 is 0 Å². The molecule has 0 amide bonds. The van der Waals surface area contributed by atoms with Crippen LogP contribution in [0.5, 0.6) is 0 Å². The minimum absolute atomic E-state index is 0.108. The Kier molecular flexibility index (Phi) is 4.54. The van der Waals surface area contributed by atoms with E-state index in [1.165, 1.54) is 10.8 Å². The summed E-state index contributed by atoms with van der Waals surface area (Å²) in [6.45, 7) is 0. The van der Waals surface area contributed by atoms with Gasteiger partial charge in [0, 0.05) is 9.50 Å². The third-order valence-corrected chi connectivity index (χ3v) is 5.05. The molecule has 0 saturated heterocycles. The second kappa shape index (κ2) is 6.39. The molecule has 3 aromatic carbocycles. The molecule has 106 valence electrons. The van der Waals surface area contributed by atoms with Crippen LogP contribution in [0.4, 0.5) is 0 Å². The van der Waals surface area contributed by atoms with Gasteiger partial charge in [-0.25, -0.2) is 0 Å². The average molecular weight is 380 g/mol. The fourth-order valence-corrected chi connectivity index (χ4v) is 3.57. The molecule has 0 fully saturated rings. The first-order valence-corrected chi connectivity index (χ1v) is 8.32. The molecule has 0 N–H and O–H groups in total. The SMILES string of the molecule is Clc1ccccc1CC(Cl)c1ccc(Br)c2ccccc12. The van der Waals surface area contributed by atoms with E-state index in [-0.39, 0.29) is 5.38 Å². The van der Waals surface area contributed by atoms with Gasteiger partial charge in [0.1, 0.15) is 0 Å². The lowest BCUT2D eigenvalue weighted by Crippen LogP contribution is -1.98. The molecule has 0 nitrogen and oxygen atoms in total. The van der Waals surface area contributed by atoms with Crippen molar-refractivity contribution in [3.05, 3.63) is 81.3 Å². The number of benzene rings is 3. The van der Waals surface area contributed by atoms with E-state index in [1.54, 1.807) is 0 Å². The van der Waals surface area contributed by atoms with E-state index in [2.05, 4.69) is 40.2 Å². The zero-order valence-corrected chi connectivity index (χ0v) is 14.3. The summed E-state index contributed by atoms with van der Waals surface area (Å²) in [6.07, 6.45) is 0.715. The lowest BCUT2D eigenvalue weighted by atomic mass is 9.98. The van der Waals surface area contributed by atoms with Gasteiger partial charge in [0.2, 0.25) is 0 Å². The molecule has 0 aromatic heterocycles. The fraction of sp³-hybridized carbons (Fsp3) is 0.111. The molecule has 1 unspecified atom stereocenters. The third kappa shape index (κ3) is 3.11. The Bertz CT molecular complexity index is 783. The monoisotopic (exact) mass is 378 g/mol. The highest BCUT2D eigenvalue weighted by atomic mass is 79.9. The number of hydrogen-bond acceptors (Lipinski definition) is 0. The molecule has 0 bridgehead atoms. The van der Waals surface area contributed by atoms with E-state index < -0.39 is 0 Å². The Balaban J connectivity index is 2.01. The van der Waals surface area contributed by atoms with Gasteiger partial charge in [-0.1, -0.05) is 76.1 Å². The van der Waals surface area contributed by atoms with E-state index in [0.717, 1.165) is 20.6 Å². The third-order valence-electron chi connectivity index (χ3n) is 3.60. The number of rotatable bonds is 3. The predicted octanol–water partition coefficient (Wildman–Crippen LogP) is 6.78. The van der Waals surface area contributed by atoms with Crippen LogP contribution >= 0.6 is 39.1 Å². The summed E-state index contributed by atoms with van der Waals surface area (Å²) >= 11 is 16.5. The second-order valence-electron chi connectivity index (χ2n) is 4.95. The summed E-state index contributed by atoms with van der Waals surface area (Å²) in [5.74, 6) is 0. The molecule has 0 saturated carbocycles. The van der Waals surface area contributed by atoms with Crippen LogP contribution in [0.25, 0.3) is 10.8 Å². The van der Waals surface area contributed by atoms with Crippen LogP contribution in [-0.2, 0) is 6.42 Å². The van der Waals surface area contributed by atoms with Crippen molar-refractivity contribution < 1.29 is 0 Å². The number of hydrogen-bond donors (Lipinski definition) is 0. The molecule has 0 heterocycles. The summed E-state index contributed by atoms with van der Waals surface area (Å²) in [5, 5.41) is 3.02. The van der Waals surface area contributed by atoms with Gasteiger partial charge in [0.05, 0.1) is 5.38 Å². The zero-order valence-electron chi connectivity index (χ0n) is 11.2. The molecule has 0 radical (unpaired) electrons. The summed E-state index contributed by atoms with van der Waals surface area (Å²) < 4.78 is 1.09. The van der Waals surface area contributed by atoms with E-state index in [4.69, 9.17) is 23.2 Å². The topological polar surface area (TPSA) is 0 Å². The van der Waals surface area contributed by atoms with Crippen molar-refractivity contribution in [1.29, 1.82) is 0 Å². The highest BCUT2D eigenvalue weighted by molar-refractivity contribution is 9.10. The molecular weight excluding hydrogens is 367 g/mol. The minimum Gasteiger partial charge on any atom is -0.117 e. The average Bonchev–Trinajstić information content (AvgIpc) is 2.50. The number of fused-ring (bicyclic) bond motifs is 1. The van der Waals surface area contributed by atoms with E-state index in [9.17, 15) is 0 Å². The molecule has 3 heteroatoms. The van der Waals surface area contributed by atoms with Crippen molar-refractivity contribution in [2.24, 2.45) is 0 Å². The predicted molar refractivity (Wildman–Crippen MR) is 95.4 cm³/mol. The number of alkyl halides is 1. The summed E-state index contributed by atoms with van der Waals surface area (Å²) in [5.41, 5.74) is 2.21. The van der Waals surface area contributed by atoms with Crippen molar-refractivity contribution in [3.63, 3.8) is 0 Å². The Morgan fingerprint density at radius 2 is 1.52 bits per heavy atom. The van der Waals surface area contributed by atoms with Gasteiger partial charge in [0.15, 0.2) is 0 Å². The largest absolute Gasteiger partial charge is 0.117 e. The zero-order chi connectivity index (χ0) is 14.8. The van der Waals surface area contributed by atoms with Crippen molar-refractivity contribution in [1.82, 2.24) is 0 Å². The molecule has 3 rings (SSSR count). The van der Waals surface area contributed by atoms with Gasteiger partial charge in [-0.2, -0.15) is 0 Å². The normalized spacial score (nSPS) is 12.5. The fourth-order valence-electron chi connectivity index (χ4n) is 2.53. The minimum atomic E-state index is -0.108. The highest BCUT2D eigenvalue weighted by Crippen LogP contribution is 2.35. The van der Waals surface area contributed by atoms with Crippen LogP contribution in [0.15, 0.2) is 65.1 Å². The molecule has 0 aliphatic rings. The highest BCUT2D eigenvalue weighted by Gasteiger charge is 2.14. The molecule has 21 heavy (non-hydrogen) atoms. The van der Waals surface area contributed by atoms with Crippen LogP contribution in [0.3, 0.4) is 0 Å². The van der Waals surface area contributed by atoms with Crippen molar-refractivity contribution >= 4 is 49.9 Å². The quantitative estimate of drug-likeness (QED) is 0.440.